The summed E-state index contributed by atoms with van der Waals surface area (Å²) in [6.45, 7) is 0.630. The lowest BCUT2D eigenvalue weighted by molar-refractivity contribution is 0.465. The highest BCUT2D eigenvalue weighted by Gasteiger charge is 2.11. The summed E-state index contributed by atoms with van der Waals surface area (Å²) in [5, 5.41) is 9.04. The third kappa shape index (κ3) is 3.49. The van der Waals surface area contributed by atoms with E-state index in [2.05, 4.69) is 0 Å². The van der Waals surface area contributed by atoms with Crippen LogP contribution >= 0.6 is 0 Å². The minimum absolute atomic E-state index is 0.0783. The second kappa shape index (κ2) is 5.68. The van der Waals surface area contributed by atoms with Crippen LogP contribution in [0.5, 0.6) is 5.75 Å². The molecule has 1 aromatic rings. The number of hydrogen-bond donors (Lipinski definition) is 3. The first-order valence-corrected chi connectivity index (χ1v) is 5.09. The average molecular weight is 212 g/mol. The van der Waals surface area contributed by atoms with E-state index >= 15 is 0 Å². The number of hydrogen-bond acceptors (Lipinski definition) is 3. The van der Waals surface area contributed by atoms with Gasteiger partial charge in [-0.3, -0.25) is 0 Å². The lowest BCUT2D eigenvalue weighted by Gasteiger charge is -2.12. The second-order valence-corrected chi connectivity index (χ2v) is 3.60. The van der Waals surface area contributed by atoms with E-state index < -0.39 is 5.82 Å². The molecule has 0 spiro atoms. The Labute approximate surface area is 88.9 Å². The zero-order valence-corrected chi connectivity index (χ0v) is 8.62. The van der Waals surface area contributed by atoms with Gasteiger partial charge in [0.05, 0.1) is 0 Å². The Morgan fingerprint density at radius 1 is 1.33 bits per heavy atom. The van der Waals surface area contributed by atoms with Crippen molar-refractivity contribution in [2.75, 3.05) is 6.54 Å². The van der Waals surface area contributed by atoms with Gasteiger partial charge in [-0.25, -0.2) is 4.39 Å². The normalized spacial score (nSPS) is 12.7. The summed E-state index contributed by atoms with van der Waals surface area (Å²) >= 11 is 0. The van der Waals surface area contributed by atoms with Crippen molar-refractivity contribution < 1.29 is 9.50 Å². The standard InChI is InChI=1S/C11H17FN2O/c12-10-7-8(15)4-5-9(10)11(14)3-1-2-6-13/h4-5,7,11,15H,1-3,6,13-14H2/t11-/m1/s1. The Hall–Kier alpha value is -1.13. The summed E-state index contributed by atoms with van der Waals surface area (Å²) in [7, 11) is 0. The van der Waals surface area contributed by atoms with E-state index in [1.165, 1.54) is 12.1 Å². The van der Waals surface area contributed by atoms with Gasteiger partial charge in [0.2, 0.25) is 0 Å². The van der Waals surface area contributed by atoms with Gasteiger partial charge in [-0.1, -0.05) is 12.5 Å². The van der Waals surface area contributed by atoms with Crippen LogP contribution in [0.2, 0.25) is 0 Å². The molecule has 5 N–H and O–H groups in total. The van der Waals surface area contributed by atoms with Crippen molar-refractivity contribution in [1.29, 1.82) is 0 Å². The zero-order valence-electron chi connectivity index (χ0n) is 8.62. The number of phenolic OH excluding ortho intramolecular Hbond substituents is 1. The van der Waals surface area contributed by atoms with E-state index in [1.54, 1.807) is 0 Å². The molecule has 3 nitrogen and oxygen atoms in total. The van der Waals surface area contributed by atoms with Crippen LogP contribution in [0, 0.1) is 5.82 Å². The van der Waals surface area contributed by atoms with Gasteiger partial charge in [0.25, 0.3) is 0 Å². The van der Waals surface area contributed by atoms with Crippen molar-refractivity contribution in [2.24, 2.45) is 11.5 Å². The van der Waals surface area contributed by atoms with E-state index in [0.29, 0.717) is 18.5 Å². The van der Waals surface area contributed by atoms with Gasteiger partial charge in [-0.2, -0.15) is 0 Å². The number of halogens is 1. The minimum atomic E-state index is -0.449. The third-order valence-corrected chi connectivity index (χ3v) is 2.35. The fourth-order valence-electron chi connectivity index (χ4n) is 1.48. The SMILES string of the molecule is NCCCC[C@@H](N)c1ccc(O)cc1F. The molecule has 0 saturated carbocycles. The van der Waals surface area contributed by atoms with Crippen molar-refractivity contribution in [3.63, 3.8) is 0 Å². The summed E-state index contributed by atoms with van der Waals surface area (Å²) in [4.78, 5) is 0. The van der Waals surface area contributed by atoms with Gasteiger partial charge in [0, 0.05) is 17.7 Å². The topological polar surface area (TPSA) is 72.3 Å². The molecule has 0 radical (unpaired) electrons. The summed E-state index contributed by atoms with van der Waals surface area (Å²) in [5.74, 6) is -0.527. The molecule has 0 aromatic heterocycles. The molecule has 1 atom stereocenters. The zero-order chi connectivity index (χ0) is 11.3. The first-order valence-electron chi connectivity index (χ1n) is 5.09. The van der Waals surface area contributed by atoms with E-state index in [4.69, 9.17) is 16.6 Å². The Morgan fingerprint density at radius 3 is 2.67 bits per heavy atom. The molecule has 0 heterocycles. The molecular formula is C11H17FN2O. The fourth-order valence-corrected chi connectivity index (χ4v) is 1.48. The van der Waals surface area contributed by atoms with Crippen LogP contribution in [0.1, 0.15) is 30.9 Å². The predicted molar refractivity (Wildman–Crippen MR) is 57.9 cm³/mol. The van der Waals surface area contributed by atoms with Crippen LogP contribution in [0.15, 0.2) is 18.2 Å². The molecule has 4 heteroatoms. The van der Waals surface area contributed by atoms with E-state index in [-0.39, 0.29) is 11.8 Å². The van der Waals surface area contributed by atoms with Crippen molar-refractivity contribution in [3.8, 4) is 5.75 Å². The van der Waals surface area contributed by atoms with E-state index in [0.717, 1.165) is 18.9 Å². The summed E-state index contributed by atoms with van der Waals surface area (Å²) in [6.07, 6.45) is 2.49. The van der Waals surface area contributed by atoms with Gasteiger partial charge in [0.15, 0.2) is 0 Å². The number of phenols is 1. The van der Waals surface area contributed by atoms with Crippen molar-refractivity contribution in [3.05, 3.63) is 29.6 Å². The first-order chi connectivity index (χ1) is 7.15. The van der Waals surface area contributed by atoms with Crippen molar-refractivity contribution >= 4 is 0 Å². The van der Waals surface area contributed by atoms with Gasteiger partial charge < -0.3 is 16.6 Å². The molecule has 0 unspecified atom stereocenters. The van der Waals surface area contributed by atoms with Crippen LogP contribution in [-0.2, 0) is 0 Å². The highest BCUT2D eigenvalue weighted by atomic mass is 19.1. The van der Waals surface area contributed by atoms with E-state index in [9.17, 15) is 4.39 Å². The maximum absolute atomic E-state index is 13.3. The molecule has 0 aliphatic rings. The summed E-state index contributed by atoms with van der Waals surface area (Å²) in [5.41, 5.74) is 11.6. The van der Waals surface area contributed by atoms with Gasteiger partial charge in [0.1, 0.15) is 11.6 Å². The lowest BCUT2D eigenvalue weighted by atomic mass is 10.0. The largest absolute Gasteiger partial charge is 0.508 e. The van der Waals surface area contributed by atoms with Crippen LogP contribution in [0.3, 0.4) is 0 Å². The number of unbranched alkanes of at least 4 members (excludes halogenated alkanes) is 1. The molecule has 0 amide bonds. The van der Waals surface area contributed by atoms with Crippen LogP contribution < -0.4 is 11.5 Å². The number of aromatic hydroxyl groups is 1. The van der Waals surface area contributed by atoms with Crippen molar-refractivity contribution in [2.45, 2.75) is 25.3 Å². The molecule has 1 rings (SSSR count). The molecule has 0 bridgehead atoms. The first kappa shape index (κ1) is 11.9. The number of benzene rings is 1. The maximum Gasteiger partial charge on any atom is 0.131 e. The maximum atomic E-state index is 13.3. The molecule has 1 aromatic carbocycles. The lowest BCUT2D eigenvalue weighted by Crippen LogP contribution is -2.12. The molecule has 0 aliphatic heterocycles. The molecule has 0 fully saturated rings. The highest BCUT2D eigenvalue weighted by Crippen LogP contribution is 2.22. The highest BCUT2D eigenvalue weighted by molar-refractivity contribution is 5.29. The third-order valence-electron chi connectivity index (χ3n) is 2.35. The summed E-state index contributed by atoms with van der Waals surface area (Å²) < 4.78 is 13.3. The van der Waals surface area contributed by atoms with Crippen LogP contribution in [0.4, 0.5) is 4.39 Å². The smallest absolute Gasteiger partial charge is 0.131 e. The predicted octanol–water partition coefficient (Wildman–Crippen LogP) is 1.66. The Morgan fingerprint density at radius 2 is 2.07 bits per heavy atom. The Kier molecular flexibility index (Phi) is 4.52. The number of rotatable bonds is 5. The van der Waals surface area contributed by atoms with Crippen LogP contribution in [0.25, 0.3) is 0 Å². The van der Waals surface area contributed by atoms with Crippen LogP contribution in [-0.4, -0.2) is 11.7 Å². The van der Waals surface area contributed by atoms with Gasteiger partial charge in [-0.15, -0.1) is 0 Å². The number of nitrogens with two attached hydrogens (primary N) is 2. The monoisotopic (exact) mass is 212 g/mol. The quantitative estimate of drug-likeness (QED) is 0.650. The molecular weight excluding hydrogens is 195 g/mol. The Bertz CT molecular complexity index is 317. The average Bonchev–Trinajstić information content (AvgIpc) is 2.17. The van der Waals surface area contributed by atoms with Gasteiger partial charge in [-0.05, 0) is 25.5 Å². The second-order valence-electron chi connectivity index (χ2n) is 3.60. The summed E-state index contributed by atoms with van der Waals surface area (Å²) in [6, 6.07) is 3.73. The van der Waals surface area contributed by atoms with Gasteiger partial charge >= 0.3 is 0 Å². The van der Waals surface area contributed by atoms with E-state index in [1.807, 2.05) is 0 Å². The van der Waals surface area contributed by atoms with Crippen molar-refractivity contribution in [1.82, 2.24) is 0 Å². The molecule has 0 aliphatic carbocycles. The fraction of sp³-hybridized carbons (Fsp3) is 0.455. The minimum Gasteiger partial charge on any atom is -0.508 e. The molecule has 0 saturated heterocycles. The Balaban J connectivity index is 2.61. The molecule has 15 heavy (non-hydrogen) atoms. The molecule has 84 valence electrons.